The van der Waals surface area contributed by atoms with Gasteiger partial charge < -0.3 is 10.6 Å². The Morgan fingerprint density at radius 1 is 1.17 bits per heavy atom. The van der Waals surface area contributed by atoms with Gasteiger partial charge in [0.05, 0.1) is 17.4 Å². The SMILES string of the molecule is CC(=O)N[C@H](CC(=O)Nc1ccc(S(=O)(=O)N2CCC(C)CC2)cc1)c1cccs1. The van der Waals surface area contributed by atoms with Gasteiger partial charge in [0, 0.05) is 30.6 Å². The summed E-state index contributed by atoms with van der Waals surface area (Å²) in [5.41, 5.74) is 0.513. The van der Waals surface area contributed by atoms with E-state index in [0.717, 1.165) is 17.7 Å². The third-order valence-electron chi connectivity index (χ3n) is 5.17. The Balaban J connectivity index is 1.63. The molecule has 162 valence electrons. The van der Waals surface area contributed by atoms with E-state index in [0.29, 0.717) is 24.7 Å². The minimum atomic E-state index is -3.52. The third-order valence-corrected chi connectivity index (χ3v) is 8.07. The monoisotopic (exact) mass is 449 g/mol. The van der Waals surface area contributed by atoms with Crippen LogP contribution in [0.2, 0.25) is 0 Å². The van der Waals surface area contributed by atoms with Crippen molar-refractivity contribution in [2.24, 2.45) is 5.92 Å². The Labute approximate surface area is 181 Å². The molecule has 1 aromatic carbocycles. The number of piperidine rings is 1. The van der Waals surface area contributed by atoms with Crippen molar-refractivity contribution in [1.29, 1.82) is 0 Å². The highest BCUT2D eigenvalue weighted by molar-refractivity contribution is 7.89. The fraction of sp³-hybridized carbons (Fsp3) is 0.429. The summed E-state index contributed by atoms with van der Waals surface area (Å²) in [6, 6.07) is 9.57. The fourth-order valence-corrected chi connectivity index (χ4v) is 5.69. The highest BCUT2D eigenvalue weighted by Crippen LogP contribution is 2.25. The Morgan fingerprint density at radius 3 is 2.40 bits per heavy atom. The molecule has 1 aromatic heterocycles. The van der Waals surface area contributed by atoms with E-state index in [2.05, 4.69) is 17.6 Å². The summed E-state index contributed by atoms with van der Waals surface area (Å²) in [5, 5.41) is 7.46. The first kappa shape index (κ1) is 22.5. The number of rotatable bonds is 7. The molecule has 0 radical (unpaired) electrons. The van der Waals surface area contributed by atoms with E-state index in [-0.39, 0.29) is 23.1 Å². The lowest BCUT2D eigenvalue weighted by Crippen LogP contribution is -2.37. The molecule has 9 heteroatoms. The van der Waals surface area contributed by atoms with Crippen molar-refractivity contribution in [1.82, 2.24) is 9.62 Å². The lowest BCUT2D eigenvalue weighted by atomic mass is 10.0. The number of carbonyl (C=O) groups is 2. The van der Waals surface area contributed by atoms with E-state index in [1.807, 2.05) is 17.5 Å². The number of sulfonamides is 1. The number of amides is 2. The second-order valence-electron chi connectivity index (χ2n) is 7.63. The quantitative estimate of drug-likeness (QED) is 0.677. The first-order valence-electron chi connectivity index (χ1n) is 9.96. The molecule has 1 aliphatic heterocycles. The highest BCUT2D eigenvalue weighted by atomic mass is 32.2. The molecule has 1 atom stereocenters. The minimum Gasteiger partial charge on any atom is -0.348 e. The van der Waals surface area contributed by atoms with Crippen LogP contribution in [0, 0.1) is 5.92 Å². The number of thiophene rings is 1. The Hall–Kier alpha value is -2.23. The second-order valence-corrected chi connectivity index (χ2v) is 10.5. The van der Waals surface area contributed by atoms with E-state index in [1.54, 1.807) is 12.1 Å². The summed E-state index contributed by atoms with van der Waals surface area (Å²) < 4.78 is 27.1. The predicted molar refractivity (Wildman–Crippen MR) is 118 cm³/mol. The van der Waals surface area contributed by atoms with Crippen LogP contribution in [0.25, 0.3) is 0 Å². The largest absolute Gasteiger partial charge is 0.348 e. The molecule has 2 heterocycles. The average molecular weight is 450 g/mol. The Bertz CT molecular complexity index is 964. The van der Waals surface area contributed by atoms with Gasteiger partial charge in [-0.3, -0.25) is 9.59 Å². The van der Waals surface area contributed by atoms with E-state index in [4.69, 9.17) is 0 Å². The molecule has 0 saturated carbocycles. The average Bonchev–Trinajstić information content (AvgIpc) is 3.23. The van der Waals surface area contributed by atoms with Gasteiger partial charge in [0.15, 0.2) is 0 Å². The molecule has 1 aliphatic rings. The van der Waals surface area contributed by atoms with Crippen molar-refractivity contribution in [3.63, 3.8) is 0 Å². The number of hydrogen-bond acceptors (Lipinski definition) is 5. The molecule has 1 saturated heterocycles. The van der Waals surface area contributed by atoms with Gasteiger partial charge >= 0.3 is 0 Å². The lowest BCUT2D eigenvalue weighted by molar-refractivity contribution is -0.120. The van der Waals surface area contributed by atoms with E-state index in [1.165, 1.54) is 34.7 Å². The predicted octanol–water partition coefficient (Wildman–Crippen LogP) is 3.37. The van der Waals surface area contributed by atoms with Crippen LogP contribution in [0.1, 0.15) is 44.0 Å². The number of nitrogens with one attached hydrogen (secondary N) is 2. The minimum absolute atomic E-state index is 0.0894. The van der Waals surface area contributed by atoms with Gasteiger partial charge in [-0.1, -0.05) is 13.0 Å². The standard InChI is InChI=1S/C21H27N3O4S2/c1-15-9-11-24(12-10-15)30(27,28)18-7-5-17(6-8-18)23-21(26)14-19(22-16(2)25)20-4-3-13-29-20/h3-8,13,15,19H,9-12,14H2,1-2H3,(H,22,25)(H,23,26)/t19-/m1/s1. The van der Waals surface area contributed by atoms with Crippen LogP contribution in [0.15, 0.2) is 46.7 Å². The zero-order valence-electron chi connectivity index (χ0n) is 17.1. The summed E-state index contributed by atoms with van der Waals surface area (Å²) in [6.45, 7) is 4.63. The van der Waals surface area contributed by atoms with Gasteiger partial charge in [0.2, 0.25) is 21.8 Å². The van der Waals surface area contributed by atoms with Crippen molar-refractivity contribution in [2.75, 3.05) is 18.4 Å². The molecule has 3 rings (SSSR count). The van der Waals surface area contributed by atoms with Crippen molar-refractivity contribution < 1.29 is 18.0 Å². The van der Waals surface area contributed by atoms with Crippen molar-refractivity contribution in [3.05, 3.63) is 46.7 Å². The number of anilines is 1. The molecule has 0 spiro atoms. The maximum atomic E-state index is 12.8. The Morgan fingerprint density at radius 2 is 1.83 bits per heavy atom. The van der Waals surface area contributed by atoms with E-state index >= 15 is 0 Å². The molecule has 30 heavy (non-hydrogen) atoms. The first-order valence-corrected chi connectivity index (χ1v) is 12.3. The normalized spacial score (nSPS) is 16.7. The van der Waals surface area contributed by atoms with E-state index in [9.17, 15) is 18.0 Å². The maximum absolute atomic E-state index is 12.8. The van der Waals surface area contributed by atoms with Gasteiger partial charge in [-0.2, -0.15) is 4.31 Å². The topological polar surface area (TPSA) is 95.6 Å². The van der Waals surface area contributed by atoms with E-state index < -0.39 is 16.1 Å². The van der Waals surface area contributed by atoms with Crippen LogP contribution in [-0.4, -0.2) is 37.6 Å². The van der Waals surface area contributed by atoms with Crippen molar-refractivity contribution >= 4 is 38.9 Å². The number of carbonyl (C=O) groups excluding carboxylic acids is 2. The van der Waals surface area contributed by atoms with Gasteiger partial charge in [-0.05, 0) is 54.5 Å². The molecule has 0 unspecified atom stereocenters. The number of hydrogen-bond donors (Lipinski definition) is 2. The third kappa shape index (κ3) is 5.68. The summed E-state index contributed by atoms with van der Waals surface area (Å²) in [7, 11) is -3.52. The van der Waals surface area contributed by atoms with Crippen LogP contribution >= 0.6 is 11.3 Å². The lowest BCUT2D eigenvalue weighted by Gasteiger charge is -2.29. The molecule has 0 aliphatic carbocycles. The van der Waals surface area contributed by atoms with Crippen LogP contribution < -0.4 is 10.6 Å². The van der Waals surface area contributed by atoms with Gasteiger partial charge in [-0.25, -0.2) is 8.42 Å². The molecular formula is C21H27N3O4S2. The number of benzene rings is 1. The number of nitrogens with zero attached hydrogens (tertiary/aromatic N) is 1. The summed E-state index contributed by atoms with van der Waals surface area (Å²) in [6.07, 6.45) is 1.83. The molecule has 2 N–H and O–H groups in total. The summed E-state index contributed by atoms with van der Waals surface area (Å²) in [5.74, 6) is 0.0789. The maximum Gasteiger partial charge on any atom is 0.243 e. The highest BCUT2D eigenvalue weighted by Gasteiger charge is 2.28. The molecular weight excluding hydrogens is 422 g/mol. The molecule has 2 amide bonds. The molecule has 0 bridgehead atoms. The van der Waals surface area contributed by atoms with Crippen LogP contribution in [0.4, 0.5) is 5.69 Å². The van der Waals surface area contributed by atoms with Crippen molar-refractivity contribution in [3.8, 4) is 0 Å². The smallest absolute Gasteiger partial charge is 0.243 e. The van der Waals surface area contributed by atoms with Gasteiger partial charge in [-0.15, -0.1) is 11.3 Å². The van der Waals surface area contributed by atoms with Crippen LogP contribution in [-0.2, 0) is 19.6 Å². The second kappa shape index (κ2) is 9.72. The summed E-state index contributed by atoms with van der Waals surface area (Å²) >= 11 is 1.47. The summed E-state index contributed by atoms with van der Waals surface area (Å²) in [4.78, 5) is 25.1. The first-order chi connectivity index (χ1) is 14.3. The zero-order valence-corrected chi connectivity index (χ0v) is 18.8. The Kier molecular flexibility index (Phi) is 7.27. The van der Waals surface area contributed by atoms with Crippen LogP contribution in [0.5, 0.6) is 0 Å². The zero-order chi connectivity index (χ0) is 21.7. The fourth-order valence-electron chi connectivity index (χ4n) is 3.44. The van der Waals surface area contributed by atoms with Crippen LogP contribution in [0.3, 0.4) is 0 Å². The van der Waals surface area contributed by atoms with Gasteiger partial charge in [0.25, 0.3) is 0 Å². The molecule has 7 nitrogen and oxygen atoms in total. The molecule has 1 fully saturated rings. The van der Waals surface area contributed by atoms with Crippen molar-refractivity contribution in [2.45, 2.75) is 44.0 Å². The molecule has 2 aromatic rings. The van der Waals surface area contributed by atoms with Gasteiger partial charge in [0.1, 0.15) is 0 Å².